The van der Waals surface area contributed by atoms with Gasteiger partial charge in [-0.3, -0.25) is 4.90 Å². The Bertz CT molecular complexity index is 593. The summed E-state index contributed by atoms with van der Waals surface area (Å²) in [5.74, 6) is 0.0941. The first kappa shape index (κ1) is 19.9. The Morgan fingerprint density at radius 1 is 1.39 bits per heavy atom. The van der Waals surface area contributed by atoms with E-state index in [1.54, 1.807) is 33.8 Å². The van der Waals surface area contributed by atoms with Crippen LogP contribution >= 0.6 is 33.9 Å². The van der Waals surface area contributed by atoms with Gasteiger partial charge in [-0.1, -0.05) is 6.08 Å². The van der Waals surface area contributed by atoms with E-state index in [1.165, 1.54) is 22.3 Å². The van der Waals surface area contributed by atoms with Gasteiger partial charge in [-0.2, -0.15) is 0 Å². The maximum atomic E-state index is 12.4. The fourth-order valence-corrected chi connectivity index (χ4v) is 3.57. The van der Waals surface area contributed by atoms with Gasteiger partial charge in [-0.25, -0.2) is 14.6 Å². The molecule has 0 N–H and O–H groups in total. The topological polar surface area (TPSA) is 68.7 Å². The molecule has 23 heavy (non-hydrogen) atoms. The van der Waals surface area contributed by atoms with Crippen LogP contribution in [0.1, 0.15) is 32.7 Å². The second-order valence-electron chi connectivity index (χ2n) is 5.58. The van der Waals surface area contributed by atoms with Crippen molar-refractivity contribution in [3.63, 3.8) is 0 Å². The van der Waals surface area contributed by atoms with Gasteiger partial charge in [-0.05, 0) is 57.2 Å². The highest BCUT2D eigenvalue weighted by molar-refractivity contribution is 14.1. The van der Waals surface area contributed by atoms with Gasteiger partial charge < -0.3 is 9.47 Å². The van der Waals surface area contributed by atoms with E-state index in [0.717, 1.165) is 7.89 Å². The third-order valence-corrected chi connectivity index (χ3v) is 4.27. The van der Waals surface area contributed by atoms with E-state index in [2.05, 4.69) is 27.6 Å². The molecule has 0 fully saturated rings. The zero-order valence-electron chi connectivity index (χ0n) is 13.9. The number of hydrogen-bond acceptors (Lipinski definition) is 6. The summed E-state index contributed by atoms with van der Waals surface area (Å²) < 4.78 is 11.1. The summed E-state index contributed by atoms with van der Waals surface area (Å²) in [5, 5.41) is 0.854. The molecule has 6 nitrogen and oxygen atoms in total. The van der Waals surface area contributed by atoms with E-state index >= 15 is 0 Å². The summed E-state index contributed by atoms with van der Waals surface area (Å²) in [6, 6.07) is 0. The number of thiazole rings is 1. The molecule has 0 spiro atoms. The summed E-state index contributed by atoms with van der Waals surface area (Å²) in [4.78, 5) is 29.6. The molecular formula is C15H21IN2O4S. The van der Waals surface area contributed by atoms with Crippen LogP contribution in [-0.4, -0.2) is 35.8 Å². The van der Waals surface area contributed by atoms with Crippen LogP contribution in [0.5, 0.6) is 0 Å². The lowest BCUT2D eigenvalue weighted by Gasteiger charge is -2.25. The standard InChI is InChI=1S/C15H21IN2O4S/c1-6-21-11(19)8-7-9-18(14(20)22-15(3,4)5)13-12(16)23-10(2)17-13/h7-8H,6,9H2,1-5H3/b8-7+. The average molecular weight is 452 g/mol. The van der Waals surface area contributed by atoms with Gasteiger partial charge in [0.05, 0.1) is 11.6 Å². The van der Waals surface area contributed by atoms with Crippen LogP contribution in [0.25, 0.3) is 0 Å². The van der Waals surface area contributed by atoms with E-state index in [9.17, 15) is 9.59 Å². The molecule has 1 heterocycles. The first-order valence-electron chi connectivity index (χ1n) is 7.10. The van der Waals surface area contributed by atoms with Crippen molar-refractivity contribution in [2.75, 3.05) is 18.1 Å². The minimum Gasteiger partial charge on any atom is -0.463 e. The molecular weight excluding hydrogens is 431 g/mol. The van der Waals surface area contributed by atoms with E-state index in [4.69, 9.17) is 9.47 Å². The molecule has 1 amide bonds. The molecule has 0 aliphatic carbocycles. The normalized spacial score (nSPS) is 11.6. The largest absolute Gasteiger partial charge is 0.463 e. The number of aromatic nitrogens is 1. The summed E-state index contributed by atoms with van der Waals surface area (Å²) in [6.07, 6.45) is 2.36. The lowest BCUT2D eigenvalue weighted by atomic mass is 10.2. The maximum absolute atomic E-state index is 12.4. The Kier molecular flexibility index (Phi) is 7.46. The van der Waals surface area contributed by atoms with Crippen LogP contribution in [0.3, 0.4) is 0 Å². The third-order valence-electron chi connectivity index (χ3n) is 2.37. The number of aryl methyl sites for hydroxylation is 1. The third kappa shape index (κ3) is 6.86. The molecule has 0 aliphatic rings. The van der Waals surface area contributed by atoms with Gasteiger partial charge >= 0.3 is 12.1 Å². The van der Waals surface area contributed by atoms with Gasteiger partial charge in [0.25, 0.3) is 0 Å². The molecule has 8 heteroatoms. The van der Waals surface area contributed by atoms with Crippen molar-refractivity contribution < 1.29 is 19.1 Å². The van der Waals surface area contributed by atoms with E-state index < -0.39 is 17.7 Å². The molecule has 0 unspecified atom stereocenters. The minimum absolute atomic E-state index is 0.174. The molecule has 0 atom stereocenters. The van der Waals surface area contributed by atoms with Gasteiger partial charge in [0.1, 0.15) is 8.48 Å². The van der Waals surface area contributed by atoms with Crippen molar-refractivity contribution >= 4 is 51.8 Å². The van der Waals surface area contributed by atoms with Crippen LogP contribution in [0.4, 0.5) is 10.6 Å². The quantitative estimate of drug-likeness (QED) is 0.385. The SMILES string of the molecule is CCOC(=O)/C=C/CN(C(=O)OC(C)(C)C)c1nc(C)sc1I. The Labute approximate surface area is 154 Å². The number of esters is 1. The second kappa shape index (κ2) is 8.62. The van der Waals surface area contributed by atoms with E-state index in [1.807, 2.05) is 6.92 Å². The van der Waals surface area contributed by atoms with Crippen molar-refractivity contribution in [1.82, 2.24) is 4.98 Å². The summed E-state index contributed by atoms with van der Waals surface area (Å²) in [7, 11) is 0. The Hall–Kier alpha value is -1.16. The highest BCUT2D eigenvalue weighted by atomic mass is 127. The van der Waals surface area contributed by atoms with Gasteiger partial charge in [-0.15, -0.1) is 11.3 Å². The monoisotopic (exact) mass is 452 g/mol. The predicted molar refractivity (Wildman–Crippen MR) is 98.9 cm³/mol. The van der Waals surface area contributed by atoms with E-state index in [0.29, 0.717) is 12.4 Å². The van der Waals surface area contributed by atoms with Crippen LogP contribution in [0.2, 0.25) is 0 Å². The number of hydrogen-bond donors (Lipinski definition) is 0. The Morgan fingerprint density at radius 3 is 2.52 bits per heavy atom. The number of nitrogens with zero attached hydrogens (tertiary/aromatic N) is 2. The number of carbonyl (C=O) groups excluding carboxylic acids is 2. The number of anilines is 1. The second-order valence-corrected chi connectivity index (χ2v) is 8.59. The molecule has 1 aromatic rings. The molecule has 0 aliphatic heterocycles. The van der Waals surface area contributed by atoms with Crippen molar-refractivity contribution in [2.45, 2.75) is 40.2 Å². The number of carbonyl (C=O) groups is 2. The summed E-state index contributed by atoms with van der Waals surface area (Å²) in [5.41, 5.74) is -0.614. The maximum Gasteiger partial charge on any atom is 0.416 e. The number of amides is 1. The lowest BCUT2D eigenvalue weighted by Crippen LogP contribution is -2.37. The number of halogens is 1. The molecule has 0 bridgehead atoms. The van der Waals surface area contributed by atoms with Crippen LogP contribution in [-0.2, 0) is 14.3 Å². The highest BCUT2D eigenvalue weighted by Gasteiger charge is 2.26. The van der Waals surface area contributed by atoms with Crippen molar-refractivity contribution in [1.29, 1.82) is 0 Å². The van der Waals surface area contributed by atoms with Crippen molar-refractivity contribution in [3.8, 4) is 0 Å². The fourth-order valence-electron chi connectivity index (χ4n) is 1.57. The summed E-state index contributed by atoms with van der Waals surface area (Å²) >= 11 is 3.63. The Balaban J connectivity index is 2.95. The van der Waals surface area contributed by atoms with Crippen molar-refractivity contribution in [2.24, 2.45) is 0 Å². The number of rotatable bonds is 5. The van der Waals surface area contributed by atoms with Gasteiger partial charge in [0.2, 0.25) is 0 Å². The highest BCUT2D eigenvalue weighted by Crippen LogP contribution is 2.28. The zero-order valence-corrected chi connectivity index (χ0v) is 16.9. The average Bonchev–Trinajstić information content (AvgIpc) is 2.71. The van der Waals surface area contributed by atoms with E-state index in [-0.39, 0.29) is 6.54 Å². The van der Waals surface area contributed by atoms with Gasteiger partial charge in [0.15, 0.2) is 5.82 Å². The zero-order chi connectivity index (χ0) is 17.6. The fraction of sp³-hybridized carbons (Fsp3) is 0.533. The number of ether oxygens (including phenoxy) is 2. The van der Waals surface area contributed by atoms with Crippen LogP contribution in [0, 0.1) is 9.81 Å². The minimum atomic E-state index is -0.614. The molecule has 0 saturated heterocycles. The Morgan fingerprint density at radius 2 is 2.04 bits per heavy atom. The van der Waals surface area contributed by atoms with Crippen molar-refractivity contribution in [3.05, 3.63) is 20.0 Å². The smallest absolute Gasteiger partial charge is 0.416 e. The molecule has 128 valence electrons. The molecule has 0 radical (unpaired) electrons. The summed E-state index contributed by atoms with van der Waals surface area (Å²) in [6.45, 7) is 9.49. The molecule has 0 aromatic carbocycles. The molecule has 0 saturated carbocycles. The van der Waals surface area contributed by atoms with Crippen LogP contribution < -0.4 is 4.90 Å². The molecule has 1 aromatic heterocycles. The van der Waals surface area contributed by atoms with Gasteiger partial charge in [0, 0.05) is 12.6 Å². The predicted octanol–water partition coefficient (Wildman–Crippen LogP) is 3.92. The first-order chi connectivity index (χ1) is 10.6. The molecule has 1 rings (SSSR count). The first-order valence-corrected chi connectivity index (χ1v) is 9.00. The van der Waals surface area contributed by atoms with Crippen LogP contribution in [0.15, 0.2) is 12.2 Å². The lowest BCUT2D eigenvalue weighted by molar-refractivity contribution is -0.137.